The summed E-state index contributed by atoms with van der Waals surface area (Å²) < 4.78 is 4.65. The van der Waals surface area contributed by atoms with Gasteiger partial charge in [0.25, 0.3) is 0 Å². The van der Waals surface area contributed by atoms with Gasteiger partial charge in [0, 0.05) is 12.1 Å². The Kier molecular flexibility index (Phi) is 4.74. The molecular weight excluding hydrogens is 252 g/mol. The molecule has 2 N–H and O–H groups in total. The third-order valence-electron chi connectivity index (χ3n) is 3.03. The van der Waals surface area contributed by atoms with Crippen LogP contribution in [0, 0.1) is 0 Å². The Labute approximate surface area is 111 Å². The summed E-state index contributed by atoms with van der Waals surface area (Å²) in [5.74, 6) is -1.43. The van der Waals surface area contributed by atoms with E-state index in [4.69, 9.17) is 5.11 Å². The molecule has 1 heterocycles. The van der Waals surface area contributed by atoms with E-state index in [2.05, 4.69) is 10.1 Å². The number of ether oxygens (including phenoxy) is 1. The van der Waals surface area contributed by atoms with Gasteiger partial charge < -0.3 is 20.1 Å². The topological polar surface area (TPSA) is 95.9 Å². The first kappa shape index (κ1) is 15.3. The molecule has 0 radical (unpaired) electrons. The van der Waals surface area contributed by atoms with Crippen molar-refractivity contribution in [2.24, 2.45) is 0 Å². The first-order chi connectivity index (χ1) is 8.76. The van der Waals surface area contributed by atoms with Gasteiger partial charge in [-0.3, -0.25) is 4.79 Å². The van der Waals surface area contributed by atoms with Gasteiger partial charge in [-0.1, -0.05) is 0 Å². The molecule has 1 aliphatic heterocycles. The van der Waals surface area contributed by atoms with Crippen molar-refractivity contribution in [1.29, 1.82) is 0 Å². The number of carboxylic acid groups (broad SMARTS) is 1. The molecule has 1 fully saturated rings. The van der Waals surface area contributed by atoms with Crippen LogP contribution in [0.4, 0.5) is 4.79 Å². The van der Waals surface area contributed by atoms with Gasteiger partial charge in [0.05, 0.1) is 13.5 Å². The quantitative estimate of drug-likeness (QED) is 0.730. The molecule has 108 valence electrons. The Bertz CT molecular complexity index is 380. The molecule has 0 bridgehead atoms. The number of esters is 1. The lowest BCUT2D eigenvalue weighted by Crippen LogP contribution is -2.53. The van der Waals surface area contributed by atoms with E-state index in [-0.39, 0.29) is 6.42 Å². The molecule has 1 unspecified atom stereocenters. The summed E-state index contributed by atoms with van der Waals surface area (Å²) in [6.07, 6.45) is 1.11. The second-order valence-electron chi connectivity index (χ2n) is 5.26. The molecule has 1 saturated heterocycles. The maximum Gasteiger partial charge on any atom is 0.328 e. The maximum absolute atomic E-state index is 12.1. The Morgan fingerprint density at radius 3 is 2.58 bits per heavy atom. The number of likely N-dealkylation sites (tertiary alicyclic amines) is 1. The fraction of sp³-hybridized carbons (Fsp3) is 0.750. The minimum absolute atomic E-state index is 0.185. The number of aliphatic carboxylic acids is 1. The van der Waals surface area contributed by atoms with Crippen LogP contribution in [-0.4, -0.2) is 53.2 Å². The van der Waals surface area contributed by atoms with E-state index in [1.54, 1.807) is 13.8 Å². The van der Waals surface area contributed by atoms with E-state index >= 15 is 0 Å². The zero-order chi connectivity index (χ0) is 14.6. The molecule has 0 aromatic carbocycles. The van der Waals surface area contributed by atoms with Gasteiger partial charge in [-0.25, -0.2) is 9.59 Å². The first-order valence-electron chi connectivity index (χ1n) is 6.15. The molecule has 1 atom stereocenters. The van der Waals surface area contributed by atoms with Crippen molar-refractivity contribution in [3.63, 3.8) is 0 Å². The van der Waals surface area contributed by atoms with Crippen molar-refractivity contribution in [2.75, 3.05) is 13.7 Å². The highest BCUT2D eigenvalue weighted by atomic mass is 16.5. The van der Waals surface area contributed by atoms with Crippen LogP contribution in [0.15, 0.2) is 0 Å². The van der Waals surface area contributed by atoms with Gasteiger partial charge in [-0.05, 0) is 26.7 Å². The van der Waals surface area contributed by atoms with Crippen molar-refractivity contribution in [3.05, 3.63) is 0 Å². The van der Waals surface area contributed by atoms with Gasteiger partial charge in [-0.15, -0.1) is 0 Å². The monoisotopic (exact) mass is 272 g/mol. The van der Waals surface area contributed by atoms with Gasteiger partial charge >= 0.3 is 18.0 Å². The lowest BCUT2D eigenvalue weighted by Gasteiger charge is -2.30. The predicted molar refractivity (Wildman–Crippen MR) is 66.6 cm³/mol. The van der Waals surface area contributed by atoms with Crippen LogP contribution in [-0.2, 0) is 14.3 Å². The lowest BCUT2D eigenvalue weighted by molar-refractivity contribution is -0.145. The number of nitrogens with zero attached hydrogens (tertiary/aromatic N) is 1. The summed E-state index contributed by atoms with van der Waals surface area (Å²) in [6.45, 7) is 3.72. The van der Waals surface area contributed by atoms with Crippen LogP contribution in [0.2, 0.25) is 0 Å². The second-order valence-corrected chi connectivity index (χ2v) is 5.26. The molecule has 19 heavy (non-hydrogen) atoms. The zero-order valence-corrected chi connectivity index (χ0v) is 11.4. The number of nitrogens with one attached hydrogen (secondary N) is 1. The van der Waals surface area contributed by atoms with E-state index in [0.717, 1.165) is 6.42 Å². The number of urea groups is 1. The number of amides is 2. The highest BCUT2D eigenvalue weighted by Crippen LogP contribution is 2.19. The van der Waals surface area contributed by atoms with E-state index < -0.39 is 29.6 Å². The minimum atomic E-state index is -0.990. The summed E-state index contributed by atoms with van der Waals surface area (Å²) in [5, 5.41) is 11.4. The van der Waals surface area contributed by atoms with Gasteiger partial charge in [0.2, 0.25) is 0 Å². The lowest BCUT2D eigenvalue weighted by atomic mass is 10.0. The maximum atomic E-state index is 12.1. The number of rotatable bonds is 4. The van der Waals surface area contributed by atoms with Crippen LogP contribution in [0.1, 0.15) is 33.1 Å². The van der Waals surface area contributed by atoms with E-state index in [9.17, 15) is 14.4 Å². The molecule has 0 aromatic rings. The van der Waals surface area contributed by atoms with Gasteiger partial charge in [-0.2, -0.15) is 0 Å². The fourth-order valence-electron chi connectivity index (χ4n) is 2.17. The molecule has 0 aromatic heterocycles. The SMILES string of the molecule is COC(=O)C1CCCN1C(=O)NC(C)(C)CC(=O)O. The van der Waals surface area contributed by atoms with Gasteiger partial charge in [0.1, 0.15) is 6.04 Å². The van der Waals surface area contributed by atoms with Crippen molar-refractivity contribution < 1.29 is 24.2 Å². The smallest absolute Gasteiger partial charge is 0.328 e. The van der Waals surface area contributed by atoms with Crippen LogP contribution in [0.25, 0.3) is 0 Å². The van der Waals surface area contributed by atoms with E-state index in [1.807, 2.05) is 0 Å². The first-order valence-corrected chi connectivity index (χ1v) is 6.15. The Morgan fingerprint density at radius 1 is 1.42 bits per heavy atom. The summed E-state index contributed by atoms with van der Waals surface area (Å²) in [4.78, 5) is 35.7. The molecule has 2 amide bonds. The Morgan fingerprint density at radius 2 is 2.05 bits per heavy atom. The molecule has 7 nitrogen and oxygen atoms in total. The Hall–Kier alpha value is -1.79. The number of hydrogen-bond acceptors (Lipinski definition) is 4. The van der Waals surface area contributed by atoms with Crippen LogP contribution in [0.5, 0.6) is 0 Å². The standard InChI is InChI=1S/C12H20N2O5/c1-12(2,7-9(15)16)13-11(18)14-6-4-5-8(14)10(17)19-3/h8H,4-7H2,1-3H3,(H,13,18)(H,15,16). The van der Waals surface area contributed by atoms with Crippen molar-refractivity contribution in [3.8, 4) is 0 Å². The third-order valence-corrected chi connectivity index (χ3v) is 3.03. The fourth-order valence-corrected chi connectivity index (χ4v) is 2.17. The number of carboxylic acids is 1. The number of methoxy groups -OCH3 is 1. The highest BCUT2D eigenvalue weighted by Gasteiger charge is 2.36. The largest absolute Gasteiger partial charge is 0.481 e. The normalized spacial score (nSPS) is 19.1. The summed E-state index contributed by atoms with van der Waals surface area (Å²) in [7, 11) is 1.28. The molecule has 1 aliphatic rings. The van der Waals surface area contributed by atoms with Crippen LogP contribution >= 0.6 is 0 Å². The van der Waals surface area contributed by atoms with Crippen molar-refractivity contribution in [2.45, 2.75) is 44.7 Å². The molecule has 0 saturated carbocycles. The van der Waals surface area contributed by atoms with Crippen molar-refractivity contribution in [1.82, 2.24) is 10.2 Å². The predicted octanol–water partition coefficient (Wildman–Crippen LogP) is 0.587. The minimum Gasteiger partial charge on any atom is -0.481 e. The van der Waals surface area contributed by atoms with Crippen molar-refractivity contribution >= 4 is 18.0 Å². The average Bonchev–Trinajstić information content (AvgIpc) is 2.74. The van der Waals surface area contributed by atoms with Crippen LogP contribution in [0.3, 0.4) is 0 Å². The summed E-state index contributed by atoms with van der Waals surface area (Å²) >= 11 is 0. The zero-order valence-electron chi connectivity index (χ0n) is 11.4. The van der Waals surface area contributed by atoms with E-state index in [1.165, 1.54) is 12.0 Å². The second kappa shape index (κ2) is 5.90. The molecule has 0 aliphatic carbocycles. The van der Waals surface area contributed by atoms with E-state index in [0.29, 0.717) is 13.0 Å². The third kappa shape index (κ3) is 4.11. The highest BCUT2D eigenvalue weighted by molar-refractivity contribution is 5.85. The molecule has 1 rings (SSSR count). The summed E-state index contributed by atoms with van der Waals surface area (Å²) in [5.41, 5.74) is -0.869. The number of hydrogen-bond donors (Lipinski definition) is 2. The van der Waals surface area contributed by atoms with Gasteiger partial charge in [0.15, 0.2) is 0 Å². The van der Waals surface area contributed by atoms with Crippen LogP contribution < -0.4 is 5.32 Å². The molecule has 0 spiro atoms. The molecule has 7 heteroatoms. The molecular formula is C12H20N2O5. The average molecular weight is 272 g/mol. The number of carbonyl (C=O) groups excluding carboxylic acids is 2. The number of carbonyl (C=O) groups is 3. The Balaban J connectivity index is 2.67. The summed E-state index contributed by atoms with van der Waals surface area (Å²) in [6, 6.07) is -1.01.